The van der Waals surface area contributed by atoms with Gasteiger partial charge in [-0.3, -0.25) is 0 Å². The van der Waals surface area contributed by atoms with Gasteiger partial charge in [-0.15, -0.1) is 0 Å². The Morgan fingerprint density at radius 3 is 2.80 bits per heavy atom. The van der Waals surface area contributed by atoms with Gasteiger partial charge in [0.15, 0.2) is 5.82 Å². The van der Waals surface area contributed by atoms with Crippen LogP contribution in [0.3, 0.4) is 0 Å². The standard InChI is InChI=1S/C14H23N5O/c1-4-8-20-14-12(16)13(17-10-18-14)19(7-5-6-15)9-11(2)3/h10-11H,4-5,7-9,16H2,1-3H3. The van der Waals surface area contributed by atoms with Crippen molar-refractivity contribution in [3.05, 3.63) is 6.33 Å². The molecule has 0 aromatic carbocycles. The van der Waals surface area contributed by atoms with Crippen LogP contribution in [0.25, 0.3) is 0 Å². The largest absolute Gasteiger partial charge is 0.476 e. The summed E-state index contributed by atoms with van der Waals surface area (Å²) in [5.41, 5.74) is 6.54. The van der Waals surface area contributed by atoms with E-state index in [9.17, 15) is 0 Å². The van der Waals surface area contributed by atoms with Gasteiger partial charge < -0.3 is 15.4 Å². The Bertz CT molecular complexity index is 455. The van der Waals surface area contributed by atoms with Gasteiger partial charge in [-0.25, -0.2) is 4.98 Å². The number of ether oxygens (including phenoxy) is 1. The Morgan fingerprint density at radius 1 is 1.45 bits per heavy atom. The highest BCUT2D eigenvalue weighted by atomic mass is 16.5. The van der Waals surface area contributed by atoms with Crippen molar-refractivity contribution in [1.29, 1.82) is 5.26 Å². The van der Waals surface area contributed by atoms with Gasteiger partial charge in [-0.2, -0.15) is 10.2 Å². The minimum absolute atomic E-state index is 0.419. The number of hydrogen-bond donors (Lipinski definition) is 1. The predicted octanol–water partition coefficient (Wildman–Crippen LogP) is 2.22. The van der Waals surface area contributed by atoms with Crippen LogP contribution in [-0.4, -0.2) is 29.7 Å². The van der Waals surface area contributed by atoms with Crippen molar-refractivity contribution in [2.45, 2.75) is 33.6 Å². The Hall–Kier alpha value is -2.03. The zero-order valence-electron chi connectivity index (χ0n) is 12.5. The van der Waals surface area contributed by atoms with E-state index in [2.05, 4.69) is 29.9 Å². The summed E-state index contributed by atoms with van der Waals surface area (Å²) < 4.78 is 5.52. The van der Waals surface area contributed by atoms with E-state index in [0.29, 0.717) is 42.9 Å². The third-order valence-electron chi connectivity index (χ3n) is 2.65. The molecule has 0 bridgehead atoms. The molecular formula is C14H23N5O. The summed E-state index contributed by atoms with van der Waals surface area (Å²) in [5, 5.41) is 8.77. The van der Waals surface area contributed by atoms with Crippen LogP contribution in [-0.2, 0) is 0 Å². The first-order valence-corrected chi connectivity index (χ1v) is 6.95. The Morgan fingerprint density at radius 2 is 2.20 bits per heavy atom. The molecule has 6 nitrogen and oxygen atoms in total. The second kappa shape index (κ2) is 8.20. The lowest BCUT2D eigenvalue weighted by molar-refractivity contribution is 0.306. The maximum absolute atomic E-state index is 8.77. The predicted molar refractivity (Wildman–Crippen MR) is 79.5 cm³/mol. The number of rotatable bonds is 8. The zero-order chi connectivity index (χ0) is 15.0. The van der Waals surface area contributed by atoms with E-state index >= 15 is 0 Å². The first-order valence-electron chi connectivity index (χ1n) is 6.95. The first kappa shape index (κ1) is 16.0. The van der Waals surface area contributed by atoms with Gasteiger partial charge in [0.1, 0.15) is 12.0 Å². The van der Waals surface area contributed by atoms with Crippen LogP contribution in [0.15, 0.2) is 6.33 Å². The fraction of sp³-hybridized carbons (Fsp3) is 0.643. The third-order valence-corrected chi connectivity index (χ3v) is 2.65. The summed E-state index contributed by atoms with van der Waals surface area (Å²) >= 11 is 0. The van der Waals surface area contributed by atoms with Crippen molar-refractivity contribution < 1.29 is 4.74 Å². The van der Waals surface area contributed by atoms with Crippen LogP contribution in [0.5, 0.6) is 5.88 Å². The fourth-order valence-corrected chi connectivity index (χ4v) is 1.85. The van der Waals surface area contributed by atoms with E-state index in [1.54, 1.807) is 0 Å². The number of nitrogens with two attached hydrogens (primary N) is 1. The highest BCUT2D eigenvalue weighted by Gasteiger charge is 2.16. The normalized spacial score (nSPS) is 10.3. The third kappa shape index (κ3) is 4.57. The number of anilines is 2. The van der Waals surface area contributed by atoms with Crippen molar-refractivity contribution in [1.82, 2.24) is 9.97 Å². The van der Waals surface area contributed by atoms with Gasteiger partial charge in [-0.1, -0.05) is 20.8 Å². The molecule has 0 aliphatic rings. The van der Waals surface area contributed by atoms with Crippen molar-refractivity contribution >= 4 is 11.5 Å². The van der Waals surface area contributed by atoms with Crippen LogP contribution in [0, 0.1) is 17.2 Å². The molecule has 0 fully saturated rings. The molecular weight excluding hydrogens is 254 g/mol. The molecule has 1 aromatic heterocycles. The van der Waals surface area contributed by atoms with Crippen LogP contribution < -0.4 is 15.4 Å². The van der Waals surface area contributed by atoms with E-state index in [1.807, 2.05) is 11.8 Å². The summed E-state index contributed by atoms with van der Waals surface area (Å²) in [5.74, 6) is 1.51. The topological polar surface area (TPSA) is 88.1 Å². The summed E-state index contributed by atoms with van der Waals surface area (Å²) in [7, 11) is 0. The van der Waals surface area contributed by atoms with Crippen LogP contribution in [0.1, 0.15) is 33.6 Å². The summed E-state index contributed by atoms with van der Waals surface area (Å²) in [4.78, 5) is 10.3. The molecule has 20 heavy (non-hydrogen) atoms. The van der Waals surface area contributed by atoms with E-state index < -0.39 is 0 Å². The second-order valence-electron chi connectivity index (χ2n) is 5.01. The van der Waals surface area contributed by atoms with Crippen molar-refractivity contribution in [2.24, 2.45) is 5.92 Å². The summed E-state index contributed by atoms with van der Waals surface area (Å²) in [6.07, 6.45) is 2.78. The maximum Gasteiger partial charge on any atom is 0.242 e. The highest BCUT2D eigenvalue weighted by molar-refractivity contribution is 5.67. The molecule has 0 saturated heterocycles. The average molecular weight is 277 g/mol. The first-order chi connectivity index (χ1) is 9.60. The number of nitrogens with zero attached hydrogens (tertiary/aromatic N) is 4. The van der Waals surface area contributed by atoms with Crippen molar-refractivity contribution in [3.8, 4) is 11.9 Å². The Balaban J connectivity index is 2.97. The zero-order valence-corrected chi connectivity index (χ0v) is 12.5. The van der Waals surface area contributed by atoms with Crippen LogP contribution >= 0.6 is 0 Å². The molecule has 1 aromatic rings. The molecule has 0 spiro atoms. The molecule has 0 amide bonds. The lowest BCUT2D eigenvalue weighted by atomic mass is 10.2. The second-order valence-corrected chi connectivity index (χ2v) is 5.01. The van der Waals surface area contributed by atoms with E-state index in [4.69, 9.17) is 15.7 Å². The molecule has 2 N–H and O–H groups in total. The molecule has 1 rings (SSSR count). The highest BCUT2D eigenvalue weighted by Crippen LogP contribution is 2.28. The summed E-state index contributed by atoms with van der Waals surface area (Å²) in [6, 6.07) is 2.15. The maximum atomic E-state index is 8.77. The minimum Gasteiger partial charge on any atom is -0.476 e. The molecule has 0 saturated carbocycles. The minimum atomic E-state index is 0.419. The number of nitriles is 1. The quantitative estimate of drug-likeness (QED) is 0.784. The Labute approximate surface area is 120 Å². The Kier molecular flexibility index (Phi) is 6.57. The van der Waals surface area contributed by atoms with Gasteiger partial charge in [0.25, 0.3) is 0 Å². The fourth-order valence-electron chi connectivity index (χ4n) is 1.85. The van der Waals surface area contributed by atoms with Gasteiger partial charge in [0.2, 0.25) is 5.88 Å². The molecule has 6 heteroatoms. The molecule has 0 aliphatic carbocycles. The lowest BCUT2D eigenvalue weighted by Crippen LogP contribution is -2.30. The number of aromatic nitrogens is 2. The van der Waals surface area contributed by atoms with Crippen molar-refractivity contribution in [2.75, 3.05) is 30.3 Å². The average Bonchev–Trinajstić information content (AvgIpc) is 2.42. The van der Waals surface area contributed by atoms with Gasteiger partial charge >= 0.3 is 0 Å². The van der Waals surface area contributed by atoms with Gasteiger partial charge in [0, 0.05) is 13.1 Å². The number of hydrogen-bond acceptors (Lipinski definition) is 6. The SMILES string of the molecule is CCCOc1ncnc(N(CCC#N)CC(C)C)c1N. The van der Waals surface area contributed by atoms with E-state index in [1.165, 1.54) is 6.33 Å². The number of nitrogen functional groups attached to an aromatic ring is 1. The van der Waals surface area contributed by atoms with Crippen LogP contribution in [0.4, 0.5) is 11.5 Å². The molecule has 0 unspecified atom stereocenters. The van der Waals surface area contributed by atoms with Gasteiger partial charge in [-0.05, 0) is 12.3 Å². The smallest absolute Gasteiger partial charge is 0.242 e. The molecule has 110 valence electrons. The van der Waals surface area contributed by atoms with E-state index in [-0.39, 0.29) is 0 Å². The van der Waals surface area contributed by atoms with Crippen molar-refractivity contribution in [3.63, 3.8) is 0 Å². The lowest BCUT2D eigenvalue weighted by Gasteiger charge is -2.26. The summed E-state index contributed by atoms with van der Waals surface area (Å²) in [6.45, 7) is 8.22. The van der Waals surface area contributed by atoms with E-state index in [0.717, 1.165) is 13.0 Å². The van der Waals surface area contributed by atoms with Gasteiger partial charge in [0.05, 0.1) is 19.1 Å². The monoisotopic (exact) mass is 277 g/mol. The molecule has 0 aliphatic heterocycles. The van der Waals surface area contributed by atoms with Crippen LogP contribution in [0.2, 0.25) is 0 Å². The molecule has 0 atom stereocenters. The molecule has 0 radical (unpaired) electrons. The molecule has 1 heterocycles.